The summed E-state index contributed by atoms with van der Waals surface area (Å²) in [5.74, 6) is -3.88. The van der Waals surface area contributed by atoms with Crippen LogP contribution in [0.4, 0.5) is 18.9 Å². The zero-order valence-electron chi connectivity index (χ0n) is 16.8. The minimum absolute atomic E-state index is 0.00448. The van der Waals surface area contributed by atoms with E-state index in [2.05, 4.69) is 10.3 Å². The summed E-state index contributed by atoms with van der Waals surface area (Å²) in [5.41, 5.74) is 1.59. The molecule has 3 aromatic carbocycles. The number of oxazole rings is 1. The maximum Gasteiger partial charge on any atom is 0.307 e. The second-order valence-electron chi connectivity index (χ2n) is 7.07. The number of halogens is 3. The highest BCUT2D eigenvalue weighted by Crippen LogP contribution is 2.28. The van der Waals surface area contributed by atoms with Crippen LogP contribution in [0.1, 0.15) is 11.1 Å². The van der Waals surface area contributed by atoms with Crippen molar-refractivity contribution in [2.75, 3.05) is 5.32 Å². The van der Waals surface area contributed by atoms with Crippen LogP contribution in [-0.2, 0) is 16.0 Å². The molecule has 0 radical (unpaired) electrons. The number of carboxylic acid groups (broad SMARTS) is 1. The fourth-order valence-electron chi connectivity index (χ4n) is 3.11. The second kappa shape index (κ2) is 8.99. The lowest BCUT2D eigenvalue weighted by Crippen LogP contribution is -2.09. The van der Waals surface area contributed by atoms with E-state index in [1.165, 1.54) is 18.2 Å². The topological polar surface area (TPSA) is 92.4 Å². The number of anilines is 1. The molecule has 166 valence electrons. The molecule has 9 heteroatoms. The Morgan fingerprint density at radius 1 is 1.00 bits per heavy atom. The molecule has 0 bridgehead atoms. The van der Waals surface area contributed by atoms with Crippen molar-refractivity contribution in [3.8, 4) is 11.5 Å². The Morgan fingerprint density at radius 2 is 1.82 bits per heavy atom. The Bertz CT molecular complexity index is 1410. The van der Waals surface area contributed by atoms with Crippen LogP contribution in [0.25, 0.3) is 28.6 Å². The minimum Gasteiger partial charge on any atom is -0.481 e. The lowest BCUT2D eigenvalue weighted by Gasteiger charge is -2.05. The van der Waals surface area contributed by atoms with Gasteiger partial charge in [0.05, 0.1) is 12.1 Å². The van der Waals surface area contributed by atoms with Crippen molar-refractivity contribution in [1.82, 2.24) is 4.98 Å². The molecule has 1 aromatic heterocycles. The molecule has 33 heavy (non-hydrogen) atoms. The number of benzene rings is 3. The summed E-state index contributed by atoms with van der Waals surface area (Å²) in [6.07, 6.45) is 1.98. The predicted octanol–water partition coefficient (Wildman–Crippen LogP) is 5.19. The van der Waals surface area contributed by atoms with Crippen molar-refractivity contribution in [1.29, 1.82) is 0 Å². The highest BCUT2D eigenvalue weighted by atomic mass is 19.1. The Morgan fingerprint density at radius 3 is 2.55 bits per heavy atom. The number of fused-ring (bicyclic) bond motifs is 1. The van der Waals surface area contributed by atoms with Gasteiger partial charge in [-0.1, -0.05) is 6.07 Å². The van der Waals surface area contributed by atoms with E-state index >= 15 is 0 Å². The van der Waals surface area contributed by atoms with Crippen molar-refractivity contribution >= 4 is 34.7 Å². The average molecular weight is 452 g/mol. The fraction of sp³-hybridized carbons (Fsp3) is 0.0417. The predicted molar refractivity (Wildman–Crippen MR) is 115 cm³/mol. The third-order valence-corrected chi connectivity index (χ3v) is 4.66. The van der Waals surface area contributed by atoms with Crippen LogP contribution in [0.2, 0.25) is 0 Å². The van der Waals surface area contributed by atoms with Gasteiger partial charge in [-0.25, -0.2) is 18.2 Å². The number of hydrogen-bond donors (Lipinski definition) is 2. The number of carbonyl (C=O) groups is 2. The van der Waals surface area contributed by atoms with Gasteiger partial charge in [-0.15, -0.1) is 0 Å². The van der Waals surface area contributed by atoms with E-state index in [1.807, 2.05) is 0 Å². The third-order valence-electron chi connectivity index (χ3n) is 4.66. The Balaban J connectivity index is 1.50. The van der Waals surface area contributed by atoms with Gasteiger partial charge < -0.3 is 14.8 Å². The standard InChI is InChI=1S/C24H15F3N2O4/c25-16-5-2-14(17(26)12-16)4-8-22(30)28-19-6-3-15(11-18(19)27)24-29-20-9-13(10-23(31)32)1-7-21(20)33-24/h1-9,11-12H,10H2,(H,28,30)(H,31,32). The first-order chi connectivity index (χ1) is 15.8. The second-order valence-corrected chi connectivity index (χ2v) is 7.07. The van der Waals surface area contributed by atoms with Crippen molar-refractivity contribution in [3.05, 3.63) is 89.3 Å². The zero-order valence-corrected chi connectivity index (χ0v) is 16.8. The van der Waals surface area contributed by atoms with Gasteiger partial charge in [0, 0.05) is 23.3 Å². The first-order valence-electron chi connectivity index (χ1n) is 9.64. The normalized spacial score (nSPS) is 11.2. The maximum atomic E-state index is 14.6. The molecule has 1 amide bonds. The summed E-state index contributed by atoms with van der Waals surface area (Å²) in [6, 6.07) is 11.6. The zero-order chi connectivity index (χ0) is 23.5. The molecule has 0 atom stereocenters. The van der Waals surface area contributed by atoms with Crippen LogP contribution < -0.4 is 5.32 Å². The molecule has 0 saturated heterocycles. The van der Waals surface area contributed by atoms with E-state index < -0.39 is 29.3 Å². The van der Waals surface area contributed by atoms with Crippen molar-refractivity contribution in [2.45, 2.75) is 6.42 Å². The van der Waals surface area contributed by atoms with Crippen LogP contribution in [0.15, 0.2) is 65.1 Å². The van der Waals surface area contributed by atoms with Crippen LogP contribution in [0.3, 0.4) is 0 Å². The van der Waals surface area contributed by atoms with Crippen molar-refractivity contribution in [2.24, 2.45) is 0 Å². The molecule has 6 nitrogen and oxygen atoms in total. The number of hydrogen-bond acceptors (Lipinski definition) is 4. The van der Waals surface area contributed by atoms with Crippen LogP contribution in [0, 0.1) is 17.5 Å². The monoisotopic (exact) mass is 452 g/mol. The van der Waals surface area contributed by atoms with E-state index in [1.54, 1.807) is 18.2 Å². The van der Waals surface area contributed by atoms with Gasteiger partial charge in [-0.3, -0.25) is 9.59 Å². The first-order valence-corrected chi connectivity index (χ1v) is 9.64. The van der Waals surface area contributed by atoms with E-state index in [9.17, 15) is 22.8 Å². The smallest absolute Gasteiger partial charge is 0.307 e. The Kier molecular flexibility index (Phi) is 5.95. The van der Waals surface area contributed by atoms with Crippen molar-refractivity contribution < 1.29 is 32.3 Å². The summed E-state index contributed by atoms with van der Waals surface area (Å²) in [7, 11) is 0. The third kappa shape index (κ3) is 5.09. The molecule has 4 aromatic rings. The molecule has 0 aliphatic heterocycles. The molecule has 0 fully saturated rings. The van der Waals surface area contributed by atoms with Crippen molar-refractivity contribution in [3.63, 3.8) is 0 Å². The molecule has 0 spiro atoms. The first kappa shape index (κ1) is 21.8. The summed E-state index contributed by atoms with van der Waals surface area (Å²) in [6.45, 7) is 0. The van der Waals surface area contributed by atoms with Crippen LogP contribution >= 0.6 is 0 Å². The number of rotatable bonds is 6. The summed E-state index contributed by atoms with van der Waals surface area (Å²) >= 11 is 0. The van der Waals surface area contributed by atoms with Gasteiger partial charge in [-0.2, -0.15) is 0 Å². The molecule has 4 rings (SSSR count). The Labute approximate surface area is 185 Å². The summed E-state index contributed by atoms with van der Waals surface area (Å²) < 4.78 is 46.7. The molecule has 1 heterocycles. The number of aliphatic carboxylic acids is 1. The molecular weight excluding hydrogens is 437 g/mol. The fourth-order valence-corrected chi connectivity index (χ4v) is 3.11. The SMILES string of the molecule is O=C(O)Cc1ccc2oc(-c3ccc(NC(=O)C=Cc4ccc(F)cc4F)c(F)c3)nc2c1. The van der Waals surface area contributed by atoms with Gasteiger partial charge >= 0.3 is 5.97 Å². The van der Waals surface area contributed by atoms with Gasteiger partial charge in [0.15, 0.2) is 5.58 Å². The van der Waals surface area contributed by atoms with E-state index in [0.29, 0.717) is 28.3 Å². The molecule has 0 saturated carbocycles. The molecule has 0 unspecified atom stereocenters. The lowest BCUT2D eigenvalue weighted by molar-refractivity contribution is -0.136. The van der Waals surface area contributed by atoms with Crippen LogP contribution in [-0.4, -0.2) is 22.0 Å². The quantitative estimate of drug-likeness (QED) is 0.393. The van der Waals surface area contributed by atoms with E-state index in [0.717, 1.165) is 24.3 Å². The largest absolute Gasteiger partial charge is 0.481 e. The average Bonchev–Trinajstić information content (AvgIpc) is 3.17. The summed E-state index contributed by atoms with van der Waals surface area (Å²) in [5, 5.41) is 11.2. The highest BCUT2D eigenvalue weighted by molar-refractivity contribution is 6.02. The number of carbonyl (C=O) groups excluding carboxylic acids is 1. The van der Waals surface area contributed by atoms with Gasteiger partial charge in [-0.05, 0) is 54.1 Å². The van der Waals surface area contributed by atoms with E-state index in [4.69, 9.17) is 9.52 Å². The van der Waals surface area contributed by atoms with E-state index in [-0.39, 0.29) is 23.6 Å². The van der Waals surface area contributed by atoms with Gasteiger partial charge in [0.2, 0.25) is 11.8 Å². The number of aromatic nitrogens is 1. The molecule has 0 aliphatic rings. The van der Waals surface area contributed by atoms with Gasteiger partial charge in [0.25, 0.3) is 0 Å². The Hall–Kier alpha value is -4.40. The molecular formula is C24H15F3N2O4. The van der Waals surface area contributed by atoms with Crippen LogP contribution in [0.5, 0.6) is 0 Å². The number of nitrogens with one attached hydrogen (secondary N) is 1. The molecule has 2 N–H and O–H groups in total. The van der Waals surface area contributed by atoms with Gasteiger partial charge in [0.1, 0.15) is 23.0 Å². The number of amides is 1. The number of nitrogens with zero attached hydrogens (tertiary/aromatic N) is 1. The lowest BCUT2D eigenvalue weighted by atomic mass is 10.1. The summed E-state index contributed by atoms with van der Waals surface area (Å²) in [4.78, 5) is 27.2. The highest BCUT2D eigenvalue weighted by Gasteiger charge is 2.13. The minimum atomic E-state index is -0.976. The number of carboxylic acids is 1. The maximum absolute atomic E-state index is 14.6. The molecule has 0 aliphatic carbocycles.